The number of primary amides is 1. The van der Waals surface area contributed by atoms with E-state index in [1.165, 1.54) is 0 Å². The molecule has 0 aliphatic rings. The summed E-state index contributed by atoms with van der Waals surface area (Å²) in [5, 5.41) is 3.27. The molecule has 1 aromatic carbocycles. The van der Waals surface area contributed by atoms with Crippen LogP contribution in [0.25, 0.3) is 0 Å². The Hall–Kier alpha value is -1.39. The van der Waals surface area contributed by atoms with Crippen LogP contribution in [0, 0.1) is 0 Å². The number of carbonyl (C=O) groups is 1. The van der Waals surface area contributed by atoms with Gasteiger partial charge in [-0.25, -0.2) is 0 Å². The van der Waals surface area contributed by atoms with Gasteiger partial charge in [-0.3, -0.25) is 4.79 Å². The number of nitrogens with one attached hydrogen (secondary N) is 1. The minimum Gasteiger partial charge on any atom is -0.380 e. The Labute approximate surface area is 102 Å². The van der Waals surface area contributed by atoms with Crippen LogP contribution >= 0.6 is 0 Å². The predicted octanol–water partition coefficient (Wildman–Crippen LogP) is 1.36. The van der Waals surface area contributed by atoms with Gasteiger partial charge in [0.15, 0.2) is 0 Å². The van der Waals surface area contributed by atoms with Gasteiger partial charge in [0.05, 0.1) is 6.61 Å². The highest BCUT2D eigenvalue weighted by Crippen LogP contribution is 2.21. The van der Waals surface area contributed by atoms with Crippen LogP contribution < -0.4 is 11.1 Å². The van der Waals surface area contributed by atoms with Gasteiger partial charge >= 0.3 is 0 Å². The lowest BCUT2D eigenvalue weighted by Gasteiger charge is -2.19. The number of amides is 1. The van der Waals surface area contributed by atoms with Crippen molar-refractivity contribution in [3.05, 3.63) is 35.4 Å². The van der Waals surface area contributed by atoms with Crippen molar-refractivity contribution in [3.63, 3.8) is 0 Å². The van der Waals surface area contributed by atoms with Crippen LogP contribution in [-0.2, 0) is 16.1 Å². The largest absolute Gasteiger partial charge is 0.380 e. The lowest BCUT2D eigenvalue weighted by Crippen LogP contribution is -2.27. The maximum Gasteiger partial charge on any atom is 0.219 e. The van der Waals surface area contributed by atoms with E-state index < -0.39 is 0 Å². The zero-order valence-electron chi connectivity index (χ0n) is 10.4. The Morgan fingerprint density at radius 3 is 2.76 bits per heavy atom. The lowest BCUT2D eigenvalue weighted by atomic mass is 9.98. The van der Waals surface area contributed by atoms with E-state index in [4.69, 9.17) is 10.5 Å². The maximum absolute atomic E-state index is 11.1. The van der Waals surface area contributed by atoms with Crippen molar-refractivity contribution in [3.8, 4) is 0 Å². The molecule has 1 unspecified atom stereocenters. The Morgan fingerprint density at radius 2 is 2.18 bits per heavy atom. The van der Waals surface area contributed by atoms with Crippen molar-refractivity contribution in [1.29, 1.82) is 0 Å². The van der Waals surface area contributed by atoms with Gasteiger partial charge in [0.25, 0.3) is 0 Å². The molecule has 3 N–H and O–H groups in total. The molecule has 0 heterocycles. The van der Waals surface area contributed by atoms with Gasteiger partial charge in [-0.1, -0.05) is 31.2 Å². The summed E-state index contributed by atoms with van der Waals surface area (Å²) in [6.45, 7) is 3.34. The average Bonchev–Trinajstić information content (AvgIpc) is 2.29. The second-order valence-corrected chi connectivity index (χ2v) is 3.91. The molecule has 94 valence electrons. The van der Waals surface area contributed by atoms with Crippen molar-refractivity contribution in [2.45, 2.75) is 26.0 Å². The van der Waals surface area contributed by atoms with Gasteiger partial charge in [-0.15, -0.1) is 0 Å². The van der Waals surface area contributed by atoms with E-state index in [9.17, 15) is 4.79 Å². The molecule has 0 aromatic heterocycles. The summed E-state index contributed by atoms with van der Waals surface area (Å²) in [5.41, 5.74) is 7.44. The Balaban J connectivity index is 2.94. The third kappa shape index (κ3) is 4.17. The fraction of sp³-hybridized carbons (Fsp3) is 0.462. The van der Waals surface area contributed by atoms with Crippen LogP contribution in [0.15, 0.2) is 24.3 Å². The van der Waals surface area contributed by atoms with E-state index in [1.54, 1.807) is 7.11 Å². The molecule has 1 aromatic rings. The Kier molecular flexibility index (Phi) is 5.66. The van der Waals surface area contributed by atoms with E-state index in [2.05, 4.69) is 5.32 Å². The molecule has 4 heteroatoms. The third-order valence-corrected chi connectivity index (χ3v) is 2.59. The van der Waals surface area contributed by atoms with Crippen molar-refractivity contribution < 1.29 is 9.53 Å². The van der Waals surface area contributed by atoms with Gasteiger partial charge in [0.2, 0.25) is 5.91 Å². The minimum absolute atomic E-state index is 0.0381. The molecule has 0 bridgehead atoms. The summed E-state index contributed by atoms with van der Waals surface area (Å²) in [4.78, 5) is 11.1. The van der Waals surface area contributed by atoms with Crippen LogP contribution in [0.4, 0.5) is 0 Å². The van der Waals surface area contributed by atoms with E-state index in [-0.39, 0.29) is 11.9 Å². The molecule has 0 radical (unpaired) electrons. The second-order valence-electron chi connectivity index (χ2n) is 3.91. The molecule has 1 rings (SSSR count). The van der Waals surface area contributed by atoms with Crippen LogP contribution in [0.2, 0.25) is 0 Å². The smallest absolute Gasteiger partial charge is 0.219 e. The monoisotopic (exact) mass is 236 g/mol. The molecule has 0 spiro atoms. The molecular weight excluding hydrogens is 216 g/mol. The molecule has 0 fully saturated rings. The fourth-order valence-electron chi connectivity index (χ4n) is 1.90. The van der Waals surface area contributed by atoms with Crippen LogP contribution in [0.1, 0.15) is 30.5 Å². The van der Waals surface area contributed by atoms with Gasteiger partial charge < -0.3 is 15.8 Å². The van der Waals surface area contributed by atoms with Crippen molar-refractivity contribution in [2.24, 2.45) is 5.73 Å². The number of benzene rings is 1. The summed E-state index contributed by atoms with van der Waals surface area (Å²) in [6, 6.07) is 7.89. The first-order chi connectivity index (χ1) is 8.19. The average molecular weight is 236 g/mol. The first-order valence-electron chi connectivity index (χ1n) is 5.77. The number of nitrogens with two attached hydrogens (primary N) is 1. The highest BCUT2D eigenvalue weighted by atomic mass is 16.5. The molecule has 1 atom stereocenters. The number of methoxy groups -OCH3 is 1. The van der Waals surface area contributed by atoms with E-state index in [1.807, 2.05) is 31.2 Å². The van der Waals surface area contributed by atoms with Crippen LogP contribution in [0.3, 0.4) is 0 Å². The first kappa shape index (κ1) is 13.7. The topological polar surface area (TPSA) is 64.3 Å². The molecule has 0 aliphatic carbocycles. The SMILES string of the molecule is CCNC(CC(N)=O)c1ccccc1COC. The van der Waals surface area contributed by atoms with Gasteiger partial charge in [-0.05, 0) is 17.7 Å². The summed E-state index contributed by atoms with van der Waals surface area (Å²) in [6.07, 6.45) is 0.300. The first-order valence-corrected chi connectivity index (χ1v) is 5.77. The Morgan fingerprint density at radius 1 is 1.47 bits per heavy atom. The summed E-state index contributed by atoms with van der Waals surface area (Å²) >= 11 is 0. The standard InChI is InChI=1S/C13H20N2O2/c1-3-15-12(8-13(14)16)11-7-5-4-6-10(11)9-17-2/h4-7,12,15H,3,8-9H2,1-2H3,(H2,14,16). The maximum atomic E-state index is 11.1. The second kappa shape index (κ2) is 7.04. The predicted molar refractivity (Wildman–Crippen MR) is 67.4 cm³/mol. The van der Waals surface area contributed by atoms with Gasteiger partial charge in [0.1, 0.15) is 0 Å². The zero-order chi connectivity index (χ0) is 12.7. The lowest BCUT2D eigenvalue weighted by molar-refractivity contribution is -0.118. The molecule has 17 heavy (non-hydrogen) atoms. The number of hydrogen-bond donors (Lipinski definition) is 2. The van der Waals surface area contributed by atoms with Crippen LogP contribution in [-0.4, -0.2) is 19.6 Å². The molecule has 4 nitrogen and oxygen atoms in total. The zero-order valence-corrected chi connectivity index (χ0v) is 10.4. The number of ether oxygens (including phenoxy) is 1. The van der Waals surface area contributed by atoms with Gasteiger partial charge in [0, 0.05) is 19.6 Å². The van der Waals surface area contributed by atoms with Gasteiger partial charge in [-0.2, -0.15) is 0 Å². The quantitative estimate of drug-likeness (QED) is 0.751. The van der Waals surface area contributed by atoms with Crippen molar-refractivity contribution >= 4 is 5.91 Å². The highest BCUT2D eigenvalue weighted by molar-refractivity contribution is 5.74. The van der Waals surface area contributed by atoms with E-state index in [0.29, 0.717) is 13.0 Å². The number of hydrogen-bond acceptors (Lipinski definition) is 3. The van der Waals surface area contributed by atoms with E-state index in [0.717, 1.165) is 17.7 Å². The van der Waals surface area contributed by atoms with Crippen LogP contribution in [0.5, 0.6) is 0 Å². The third-order valence-electron chi connectivity index (χ3n) is 2.59. The Bertz CT molecular complexity index is 366. The minimum atomic E-state index is -0.303. The fourth-order valence-corrected chi connectivity index (χ4v) is 1.90. The van der Waals surface area contributed by atoms with E-state index >= 15 is 0 Å². The molecular formula is C13H20N2O2. The molecule has 1 amide bonds. The van der Waals surface area contributed by atoms with Crippen molar-refractivity contribution in [1.82, 2.24) is 5.32 Å². The summed E-state index contributed by atoms with van der Waals surface area (Å²) in [5.74, 6) is -0.303. The highest BCUT2D eigenvalue weighted by Gasteiger charge is 2.16. The summed E-state index contributed by atoms with van der Waals surface area (Å²) < 4.78 is 5.16. The number of rotatable bonds is 7. The molecule has 0 saturated carbocycles. The normalized spacial score (nSPS) is 12.4. The number of carbonyl (C=O) groups excluding carboxylic acids is 1. The summed E-state index contributed by atoms with van der Waals surface area (Å²) in [7, 11) is 1.66. The molecule has 0 aliphatic heterocycles. The molecule has 0 saturated heterocycles. The van der Waals surface area contributed by atoms with Crippen molar-refractivity contribution in [2.75, 3.05) is 13.7 Å².